The summed E-state index contributed by atoms with van der Waals surface area (Å²) < 4.78 is 0. The topological polar surface area (TPSA) is 57.6 Å². The van der Waals surface area contributed by atoms with Crippen molar-refractivity contribution >= 4 is 11.9 Å². The molecule has 0 aliphatic heterocycles. The molecule has 0 bridgehead atoms. The molecule has 0 radical (unpaired) electrons. The zero-order chi connectivity index (χ0) is 14.9. The predicted molar refractivity (Wildman–Crippen MR) is 79.0 cm³/mol. The lowest BCUT2D eigenvalue weighted by molar-refractivity contribution is -0.143. The predicted octanol–water partition coefficient (Wildman–Crippen LogP) is 2.57. The van der Waals surface area contributed by atoms with Crippen LogP contribution < -0.4 is 0 Å². The van der Waals surface area contributed by atoms with Crippen molar-refractivity contribution in [2.45, 2.75) is 50.0 Å². The maximum absolute atomic E-state index is 13.1. The van der Waals surface area contributed by atoms with Gasteiger partial charge in [-0.1, -0.05) is 36.8 Å². The van der Waals surface area contributed by atoms with Crippen LogP contribution in [0.2, 0.25) is 0 Å². The average Bonchev–Trinajstić information content (AvgIpc) is 3.23. The van der Waals surface area contributed by atoms with Crippen LogP contribution in [0.25, 0.3) is 0 Å². The Kier molecular flexibility index (Phi) is 3.70. The molecular weight excluding hydrogens is 266 g/mol. The standard InChI is InChI=1S/C17H21NO3/c19-15(20)9-12-18(14-7-8-14)16(21)17(10-4-11-17)13-5-2-1-3-6-13/h1-3,5-6,14H,4,7-12H2,(H,19,20). The van der Waals surface area contributed by atoms with Crippen molar-refractivity contribution in [3.63, 3.8) is 0 Å². The summed E-state index contributed by atoms with van der Waals surface area (Å²) in [5, 5.41) is 8.90. The third-order valence-electron chi connectivity index (χ3n) is 4.76. The molecule has 4 heteroatoms. The first kappa shape index (κ1) is 14.1. The smallest absolute Gasteiger partial charge is 0.305 e. The molecule has 1 amide bonds. The van der Waals surface area contributed by atoms with E-state index in [1.54, 1.807) is 0 Å². The van der Waals surface area contributed by atoms with Gasteiger partial charge in [-0.15, -0.1) is 0 Å². The van der Waals surface area contributed by atoms with E-state index in [2.05, 4.69) is 0 Å². The fourth-order valence-electron chi connectivity index (χ4n) is 3.24. The van der Waals surface area contributed by atoms with Crippen LogP contribution >= 0.6 is 0 Å². The first-order valence-corrected chi connectivity index (χ1v) is 7.72. The van der Waals surface area contributed by atoms with Crippen molar-refractivity contribution in [2.24, 2.45) is 0 Å². The van der Waals surface area contributed by atoms with Gasteiger partial charge in [-0.3, -0.25) is 9.59 Å². The fraction of sp³-hybridized carbons (Fsp3) is 0.529. The molecule has 2 fully saturated rings. The Morgan fingerprint density at radius 1 is 1.19 bits per heavy atom. The van der Waals surface area contributed by atoms with Crippen LogP contribution in [0.15, 0.2) is 30.3 Å². The van der Waals surface area contributed by atoms with E-state index in [1.807, 2.05) is 35.2 Å². The summed E-state index contributed by atoms with van der Waals surface area (Å²) in [4.78, 5) is 25.7. The Bertz CT molecular complexity index is 532. The van der Waals surface area contributed by atoms with E-state index in [1.165, 1.54) is 0 Å². The van der Waals surface area contributed by atoms with Crippen LogP contribution in [0.5, 0.6) is 0 Å². The van der Waals surface area contributed by atoms with E-state index in [4.69, 9.17) is 5.11 Å². The molecule has 4 nitrogen and oxygen atoms in total. The highest BCUT2D eigenvalue weighted by Crippen LogP contribution is 2.46. The lowest BCUT2D eigenvalue weighted by atomic mass is 9.63. The van der Waals surface area contributed by atoms with Gasteiger partial charge in [0.1, 0.15) is 0 Å². The van der Waals surface area contributed by atoms with Gasteiger partial charge in [-0.25, -0.2) is 0 Å². The SMILES string of the molecule is O=C(O)CCN(C(=O)C1(c2ccccc2)CCC1)C1CC1. The number of benzene rings is 1. The lowest BCUT2D eigenvalue weighted by Gasteiger charge is -2.44. The van der Waals surface area contributed by atoms with Gasteiger partial charge in [-0.2, -0.15) is 0 Å². The quantitative estimate of drug-likeness (QED) is 0.875. The van der Waals surface area contributed by atoms with Crippen LogP contribution in [0.1, 0.15) is 44.1 Å². The molecule has 3 rings (SSSR count). The number of carboxylic acid groups (broad SMARTS) is 1. The van der Waals surface area contributed by atoms with Crippen LogP contribution in [0.4, 0.5) is 0 Å². The molecule has 21 heavy (non-hydrogen) atoms. The minimum absolute atomic E-state index is 0.0348. The van der Waals surface area contributed by atoms with Crippen LogP contribution in [0, 0.1) is 0 Å². The molecule has 112 valence electrons. The van der Waals surface area contributed by atoms with Crippen LogP contribution in [-0.4, -0.2) is 34.5 Å². The second-order valence-corrected chi connectivity index (χ2v) is 6.18. The fourth-order valence-corrected chi connectivity index (χ4v) is 3.24. The molecule has 1 N–H and O–H groups in total. The van der Waals surface area contributed by atoms with Gasteiger partial charge in [0.15, 0.2) is 0 Å². The summed E-state index contributed by atoms with van der Waals surface area (Å²) in [6.45, 7) is 0.341. The van der Waals surface area contributed by atoms with E-state index >= 15 is 0 Å². The normalized spacial score (nSPS) is 19.6. The zero-order valence-electron chi connectivity index (χ0n) is 12.1. The highest BCUT2D eigenvalue weighted by Gasteiger charge is 2.49. The van der Waals surface area contributed by atoms with Crippen molar-refractivity contribution in [1.29, 1.82) is 0 Å². The molecule has 1 aromatic rings. The van der Waals surface area contributed by atoms with Crippen molar-refractivity contribution in [2.75, 3.05) is 6.54 Å². The van der Waals surface area contributed by atoms with Crippen molar-refractivity contribution in [1.82, 2.24) is 4.90 Å². The Hall–Kier alpha value is -1.84. The molecule has 2 aliphatic rings. The monoisotopic (exact) mass is 287 g/mol. The summed E-state index contributed by atoms with van der Waals surface area (Å²) in [6.07, 6.45) is 4.88. The van der Waals surface area contributed by atoms with Crippen molar-refractivity contribution < 1.29 is 14.7 Å². The minimum atomic E-state index is -0.837. The maximum Gasteiger partial charge on any atom is 0.305 e. The summed E-state index contributed by atoms with van der Waals surface area (Å²) in [5.41, 5.74) is 0.685. The number of amides is 1. The zero-order valence-corrected chi connectivity index (χ0v) is 12.1. The summed E-state index contributed by atoms with van der Waals surface area (Å²) in [6, 6.07) is 10.2. The van der Waals surface area contributed by atoms with Crippen molar-refractivity contribution in [3.8, 4) is 0 Å². The van der Waals surface area contributed by atoms with E-state index < -0.39 is 11.4 Å². The van der Waals surface area contributed by atoms with Gasteiger partial charge in [0.2, 0.25) is 5.91 Å². The first-order valence-electron chi connectivity index (χ1n) is 7.72. The van der Waals surface area contributed by atoms with Crippen molar-refractivity contribution in [3.05, 3.63) is 35.9 Å². The highest BCUT2D eigenvalue weighted by molar-refractivity contribution is 5.90. The maximum atomic E-state index is 13.1. The molecule has 2 aliphatic carbocycles. The second-order valence-electron chi connectivity index (χ2n) is 6.18. The molecule has 0 atom stereocenters. The van der Waals surface area contributed by atoms with Gasteiger partial charge in [-0.05, 0) is 31.2 Å². The minimum Gasteiger partial charge on any atom is -0.481 e. The number of carbonyl (C=O) groups excluding carboxylic acids is 1. The summed E-state index contributed by atoms with van der Waals surface area (Å²) in [7, 11) is 0. The third kappa shape index (κ3) is 2.67. The summed E-state index contributed by atoms with van der Waals surface area (Å²) in [5.74, 6) is -0.695. The van der Waals surface area contributed by atoms with Gasteiger partial charge in [0, 0.05) is 12.6 Å². The number of rotatable bonds is 6. The van der Waals surface area contributed by atoms with E-state index in [0.717, 1.165) is 37.7 Å². The Morgan fingerprint density at radius 3 is 2.33 bits per heavy atom. The molecular formula is C17H21NO3. The summed E-state index contributed by atoms with van der Waals surface area (Å²) >= 11 is 0. The Labute approximate surface area is 124 Å². The highest BCUT2D eigenvalue weighted by atomic mass is 16.4. The number of carboxylic acids is 1. The van der Waals surface area contributed by atoms with E-state index in [0.29, 0.717) is 6.54 Å². The van der Waals surface area contributed by atoms with Gasteiger partial charge in [0.05, 0.1) is 11.8 Å². The van der Waals surface area contributed by atoms with Gasteiger partial charge < -0.3 is 10.0 Å². The largest absolute Gasteiger partial charge is 0.481 e. The Balaban J connectivity index is 1.82. The Morgan fingerprint density at radius 2 is 1.86 bits per heavy atom. The van der Waals surface area contributed by atoms with E-state index in [-0.39, 0.29) is 18.4 Å². The molecule has 0 saturated heterocycles. The number of hydrogen-bond acceptors (Lipinski definition) is 2. The number of hydrogen-bond donors (Lipinski definition) is 1. The second kappa shape index (κ2) is 5.51. The third-order valence-corrected chi connectivity index (χ3v) is 4.76. The van der Waals surface area contributed by atoms with Gasteiger partial charge in [0.25, 0.3) is 0 Å². The molecule has 0 heterocycles. The number of carbonyl (C=O) groups is 2. The molecule has 0 unspecified atom stereocenters. The molecule has 1 aromatic carbocycles. The average molecular weight is 287 g/mol. The first-order chi connectivity index (χ1) is 10.1. The van der Waals surface area contributed by atoms with E-state index in [9.17, 15) is 9.59 Å². The lowest BCUT2D eigenvalue weighted by Crippen LogP contribution is -2.52. The number of nitrogens with zero attached hydrogens (tertiary/aromatic N) is 1. The molecule has 0 aromatic heterocycles. The molecule has 0 spiro atoms. The van der Waals surface area contributed by atoms with Gasteiger partial charge >= 0.3 is 5.97 Å². The molecule has 2 saturated carbocycles. The van der Waals surface area contributed by atoms with Crippen LogP contribution in [-0.2, 0) is 15.0 Å². The number of aliphatic carboxylic acids is 1. The van der Waals surface area contributed by atoms with Crippen LogP contribution in [0.3, 0.4) is 0 Å².